The average Bonchev–Trinajstić information content (AvgIpc) is 3.30. The maximum absolute atomic E-state index is 12.1. The third kappa shape index (κ3) is 4.01. The molecule has 1 N–H and O–H groups in total. The second-order valence-corrected chi connectivity index (χ2v) is 6.91. The Morgan fingerprint density at radius 2 is 1.89 bits per heavy atom. The van der Waals surface area contributed by atoms with Crippen LogP contribution in [0, 0.1) is 0 Å². The minimum Gasteiger partial charge on any atom is -0.495 e. The molecule has 28 heavy (non-hydrogen) atoms. The molecule has 1 aromatic carbocycles. The summed E-state index contributed by atoms with van der Waals surface area (Å²) in [6.45, 7) is 4.07. The van der Waals surface area contributed by atoms with Gasteiger partial charge in [0.05, 0.1) is 12.8 Å². The Balaban J connectivity index is 1.34. The number of benzene rings is 1. The first kappa shape index (κ1) is 18.5. The lowest BCUT2D eigenvalue weighted by Gasteiger charge is -2.37. The number of ether oxygens (including phenoxy) is 2. The van der Waals surface area contributed by atoms with E-state index < -0.39 is 0 Å². The molecule has 1 aromatic heterocycles. The van der Waals surface area contributed by atoms with Gasteiger partial charge in [-0.1, -0.05) is 12.1 Å². The first-order valence-electron chi connectivity index (χ1n) is 9.64. The number of piperazine rings is 1. The molecule has 2 aliphatic heterocycles. The highest BCUT2D eigenvalue weighted by atomic mass is 16.5. The normalized spacial score (nSPS) is 19.5. The Labute approximate surface area is 164 Å². The number of methoxy groups -OCH3 is 1. The highest BCUT2D eigenvalue weighted by molar-refractivity contribution is 5.93. The largest absolute Gasteiger partial charge is 0.495 e. The van der Waals surface area contributed by atoms with E-state index in [2.05, 4.69) is 31.4 Å². The van der Waals surface area contributed by atoms with Crippen LogP contribution in [0.2, 0.25) is 0 Å². The standard InChI is InChI=1S/C20H25N5O3/c1-27-16-6-3-2-5-15(16)24-10-12-25(13-11-24)19-9-8-18(22-23-19)21-20(26)17-7-4-14-28-17/h2-3,5-6,8-9,17H,4,7,10-14H2,1H3,(H,21,22,26). The van der Waals surface area contributed by atoms with Gasteiger partial charge in [0.15, 0.2) is 11.6 Å². The molecule has 0 saturated carbocycles. The number of hydrogen-bond donors (Lipinski definition) is 1. The molecule has 8 heteroatoms. The molecule has 2 fully saturated rings. The van der Waals surface area contributed by atoms with Crippen molar-refractivity contribution < 1.29 is 14.3 Å². The van der Waals surface area contributed by atoms with Crippen LogP contribution in [-0.4, -0.2) is 62.1 Å². The molecule has 2 aromatic rings. The summed E-state index contributed by atoms with van der Waals surface area (Å²) < 4.78 is 10.9. The lowest BCUT2D eigenvalue weighted by molar-refractivity contribution is -0.124. The third-order valence-electron chi connectivity index (χ3n) is 5.15. The zero-order valence-electron chi connectivity index (χ0n) is 16.0. The number of rotatable bonds is 5. The molecule has 1 amide bonds. The zero-order valence-corrected chi connectivity index (χ0v) is 16.0. The molecule has 8 nitrogen and oxygen atoms in total. The Hall–Kier alpha value is -2.87. The van der Waals surface area contributed by atoms with Gasteiger partial charge in [-0.2, -0.15) is 0 Å². The number of para-hydroxylation sites is 2. The van der Waals surface area contributed by atoms with Gasteiger partial charge in [0.2, 0.25) is 0 Å². The molecule has 1 atom stereocenters. The monoisotopic (exact) mass is 383 g/mol. The van der Waals surface area contributed by atoms with Gasteiger partial charge in [0, 0.05) is 32.8 Å². The maximum atomic E-state index is 12.1. The SMILES string of the molecule is COc1ccccc1N1CCN(c2ccc(NC(=O)C3CCCO3)nn2)CC1. The van der Waals surface area contributed by atoms with Crippen LogP contribution >= 0.6 is 0 Å². The highest BCUT2D eigenvalue weighted by Gasteiger charge is 2.24. The van der Waals surface area contributed by atoms with Crippen LogP contribution in [0.25, 0.3) is 0 Å². The van der Waals surface area contributed by atoms with Gasteiger partial charge in [-0.25, -0.2) is 0 Å². The van der Waals surface area contributed by atoms with E-state index in [0.717, 1.165) is 56.3 Å². The predicted octanol–water partition coefficient (Wildman–Crippen LogP) is 1.93. The number of carbonyl (C=O) groups excluding carboxylic acids is 1. The molecule has 1 unspecified atom stereocenters. The van der Waals surface area contributed by atoms with Gasteiger partial charge in [-0.15, -0.1) is 10.2 Å². The van der Waals surface area contributed by atoms with Crippen molar-refractivity contribution in [3.8, 4) is 5.75 Å². The molecule has 2 aliphatic rings. The molecular formula is C20H25N5O3. The summed E-state index contributed by atoms with van der Waals surface area (Å²) in [5.41, 5.74) is 1.11. The molecule has 4 rings (SSSR count). The quantitative estimate of drug-likeness (QED) is 0.845. The molecule has 0 radical (unpaired) electrons. The van der Waals surface area contributed by atoms with Crippen LogP contribution in [0.3, 0.4) is 0 Å². The minimum atomic E-state index is -0.371. The maximum Gasteiger partial charge on any atom is 0.254 e. The highest BCUT2D eigenvalue weighted by Crippen LogP contribution is 2.29. The van der Waals surface area contributed by atoms with Crippen LogP contribution in [0.5, 0.6) is 5.75 Å². The fourth-order valence-corrected chi connectivity index (χ4v) is 3.62. The summed E-state index contributed by atoms with van der Waals surface area (Å²) in [6, 6.07) is 11.8. The molecule has 0 bridgehead atoms. The fourth-order valence-electron chi connectivity index (χ4n) is 3.62. The van der Waals surface area contributed by atoms with Crippen molar-refractivity contribution in [3.63, 3.8) is 0 Å². The average molecular weight is 383 g/mol. The lowest BCUT2D eigenvalue weighted by atomic mass is 10.2. The molecule has 0 spiro atoms. The van der Waals surface area contributed by atoms with Crippen molar-refractivity contribution in [2.45, 2.75) is 18.9 Å². The van der Waals surface area contributed by atoms with E-state index in [9.17, 15) is 4.79 Å². The first-order valence-corrected chi connectivity index (χ1v) is 9.64. The lowest BCUT2D eigenvalue weighted by Crippen LogP contribution is -2.47. The van der Waals surface area contributed by atoms with E-state index in [1.54, 1.807) is 13.2 Å². The van der Waals surface area contributed by atoms with Gasteiger partial charge in [-0.3, -0.25) is 4.79 Å². The Morgan fingerprint density at radius 3 is 2.57 bits per heavy atom. The number of carbonyl (C=O) groups is 1. The molecule has 2 saturated heterocycles. The number of nitrogens with zero attached hydrogens (tertiary/aromatic N) is 4. The van der Waals surface area contributed by atoms with E-state index in [0.29, 0.717) is 12.4 Å². The van der Waals surface area contributed by atoms with Crippen molar-refractivity contribution in [2.24, 2.45) is 0 Å². The number of aromatic nitrogens is 2. The van der Waals surface area contributed by atoms with Crippen LogP contribution < -0.4 is 19.9 Å². The Kier molecular flexibility index (Phi) is 5.57. The van der Waals surface area contributed by atoms with Crippen LogP contribution in [0.1, 0.15) is 12.8 Å². The van der Waals surface area contributed by atoms with Gasteiger partial charge < -0.3 is 24.6 Å². The number of anilines is 3. The van der Waals surface area contributed by atoms with E-state index in [-0.39, 0.29) is 12.0 Å². The fraction of sp³-hybridized carbons (Fsp3) is 0.450. The van der Waals surface area contributed by atoms with Crippen LogP contribution in [0.15, 0.2) is 36.4 Å². The van der Waals surface area contributed by atoms with Crippen molar-refractivity contribution in [2.75, 3.05) is 55.0 Å². The smallest absolute Gasteiger partial charge is 0.254 e. The van der Waals surface area contributed by atoms with Crippen LogP contribution in [0.4, 0.5) is 17.3 Å². The van der Waals surface area contributed by atoms with Gasteiger partial charge in [0.25, 0.3) is 5.91 Å². The second-order valence-electron chi connectivity index (χ2n) is 6.91. The van der Waals surface area contributed by atoms with E-state index in [1.165, 1.54) is 0 Å². The predicted molar refractivity (Wildman–Crippen MR) is 107 cm³/mol. The van der Waals surface area contributed by atoms with Gasteiger partial charge in [-0.05, 0) is 37.1 Å². The van der Waals surface area contributed by atoms with Crippen molar-refractivity contribution in [1.82, 2.24) is 10.2 Å². The van der Waals surface area contributed by atoms with Crippen molar-refractivity contribution in [1.29, 1.82) is 0 Å². The molecule has 148 valence electrons. The summed E-state index contributed by atoms with van der Waals surface area (Å²) in [5.74, 6) is 2.01. The second kappa shape index (κ2) is 8.43. The van der Waals surface area contributed by atoms with E-state index >= 15 is 0 Å². The van der Waals surface area contributed by atoms with E-state index in [4.69, 9.17) is 9.47 Å². The first-order chi connectivity index (χ1) is 13.7. The summed E-state index contributed by atoms with van der Waals surface area (Å²) in [7, 11) is 1.70. The summed E-state index contributed by atoms with van der Waals surface area (Å²) in [4.78, 5) is 16.6. The summed E-state index contributed by atoms with van der Waals surface area (Å²) in [5, 5.41) is 11.2. The van der Waals surface area contributed by atoms with Crippen LogP contribution in [-0.2, 0) is 9.53 Å². The molecular weight excluding hydrogens is 358 g/mol. The Bertz CT molecular complexity index is 800. The summed E-state index contributed by atoms with van der Waals surface area (Å²) in [6.07, 6.45) is 1.31. The molecule has 0 aliphatic carbocycles. The van der Waals surface area contributed by atoms with Crippen molar-refractivity contribution in [3.05, 3.63) is 36.4 Å². The van der Waals surface area contributed by atoms with Crippen molar-refractivity contribution >= 4 is 23.2 Å². The number of hydrogen-bond acceptors (Lipinski definition) is 7. The minimum absolute atomic E-state index is 0.148. The van der Waals surface area contributed by atoms with Gasteiger partial charge >= 0.3 is 0 Å². The topological polar surface area (TPSA) is 79.8 Å². The zero-order chi connectivity index (χ0) is 19.3. The number of nitrogens with one attached hydrogen (secondary N) is 1. The Morgan fingerprint density at radius 1 is 1.11 bits per heavy atom. The summed E-state index contributed by atoms with van der Waals surface area (Å²) >= 11 is 0. The third-order valence-corrected chi connectivity index (χ3v) is 5.15. The van der Waals surface area contributed by atoms with Gasteiger partial charge in [0.1, 0.15) is 11.9 Å². The molecule has 3 heterocycles. The number of amides is 1. The van der Waals surface area contributed by atoms with E-state index in [1.807, 2.05) is 24.3 Å².